The van der Waals surface area contributed by atoms with Gasteiger partial charge in [0.05, 0.1) is 13.2 Å². The van der Waals surface area contributed by atoms with Crippen LogP contribution < -0.4 is 5.32 Å². The Morgan fingerprint density at radius 3 is 2.62 bits per heavy atom. The number of hydrogen-bond acceptors (Lipinski definition) is 4. The Hall–Kier alpha value is -0.320. The third-order valence-corrected chi connectivity index (χ3v) is 1.95. The third kappa shape index (κ3) is 5.08. The molecule has 1 heterocycles. The van der Waals surface area contributed by atoms with Gasteiger partial charge in [0.15, 0.2) is 0 Å². The second-order valence-electron chi connectivity index (χ2n) is 2.84. The summed E-state index contributed by atoms with van der Waals surface area (Å²) in [5.74, 6) is -0.298. The van der Waals surface area contributed by atoms with Gasteiger partial charge >= 0.3 is 5.97 Å². The van der Waals surface area contributed by atoms with E-state index in [0.717, 1.165) is 25.9 Å². The summed E-state index contributed by atoms with van der Waals surface area (Å²) < 4.78 is 9.78. The zero-order chi connectivity index (χ0) is 8.81. The first-order chi connectivity index (χ1) is 5.83. The lowest BCUT2D eigenvalue weighted by molar-refractivity contribution is -0.148. The fourth-order valence-corrected chi connectivity index (χ4v) is 1.21. The summed E-state index contributed by atoms with van der Waals surface area (Å²) in [4.78, 5) is 10.7. The second kappa shape index (κ2) is 7.12. The average Bonchev–Trinajstić information content (AvgIpc) is 2.16. The first kappa shape index (κ1) is 12.7. The van der Waals surface area contributed by atoms with Crippen LogP contribution in [-0.4, -0.2) is 38.9 Å². The molecule has 1 aliphatic heterocycles. The highest BCUT2D eigenvalue weighted by Crippen LogP contribution is 2.06. The van der Waals surface area contributed by atoms with Crippen molar-refractivity contribution in [2.75, 3.05) is 26.8 Å². The number of piperidine rings is 1. The van der Waals surface area contributed by atoms with Crippen molar-refractivity contribution in [2.45, 2.75) is 18.9 Å². The van der Waals surface area contributed by atoms with Crippen LogP contribution in [0.4, 0.5) is 0 Å². The van der Waals surface area contributed by atoms with Gasteiger partial charge in [-0.3, -0.25) is 0 Å². The molecule has 0 radical (unpaired) electrons. The summed E-state index contributed by atoms with van der Waals surface area (Å²) in [6, 6.07) is 0. The molecule has 0 atom stereocenters. The van der Waals surface area contributed by atoms with Crippen molar-refractivity contribution in [1.82, 2.24) is 5.32 Å². The summed E-state index contributed by atoms with van der Waals surface area (Å²) in [6.07, 6.45) is 2.19. The Morgan fingerprint density at radius 1 is 1.46 bits per heavy atom. The summed E-state index contributed by atoms with van der Waals surface area (Å²) in [5, 5.41) is 3.22. The molecule has 1 fully saturated rings. The minimum Gasteiger partial charge on any atom is -0.467 e. The molecule has 0 saturated carbocycles. The van der Waals surface area contributed by atoms with Gasteiger partial charge in [-0.05, 0) is 25.9 Å². The highest BCUT2D eigenvalue weighted by atomic mass is 35.5. The summed E-state index contributed by atoms with van der Waals surface area (Å²) >= 11 is 0. The van der Waals surface area contributed by atoms with E-state index in [-0.39, 0.29) is 31.1 Å². The topological polar surface area (TPSA) is 47.6 Å². The Balaban J connectivity index is 0.00000144. The monoisotopic (exact) mass is 209 g/mol. The predicted molar refractivity (Wildman–Crippen MR) is 51.1 cm³/mol. The number of esters is 1. The first-order valence-corrected chi connectivity index (χ1v) is 4.22. The van der Waals surface area contributed by atoms with Crippen molar-refractivity contribution in [2.24, 2.45) is 0 Å². The number of hydrogen-bond donors (Lipinski definition) is 1. The molecule has 0 aromatic rings. The molecule has 4 nitrogen and oxygen atoms in total. The van der Waals surface area contributed by atoms with Crippen molar-refractivity contribution < 1.29 is 14.3 Å². The van der Waals surface area contributed by atoms with Gasteiger partial charge in [-0.25, -0.2) is 4.79 Å². The Bertz CT molecular complexity index is 148. The molecule has 78 valence electrons. The molecule has 0 aromatic heterocycles. The molecule has 0 aliphatic carbocycles. The van der Waals surface area contributed by atoms with Crippen LogP contribution in [0, 0.1) is 0 Å². The number of rotatable bonds is 3. The van der Waals surface area contributed by atoms with Crippen LogP contribution in [-0.2, 0) is 14.3 Å². The molecule has 1 saturated heterocycles. The molecule has 1 aliphatic rings. The van der Waals surface area contributed by atoms with Crippen molar-refractivity contribution in [3.8, 4) is 0 Å². The van der Waals surface area contributed by atoms with Crippen LogP contribution in [0.2, 0.25) is 0 Å². The number of ether oxygens (including phenoxy) is 2. The Kier molecular flexibility index (Phi) is 6.94. The van der Waals surface area contributed by atoms with Gasteiger partial charge in [-0.2, -0.15) is 0 Å². The molecule has 0 amide bonds. The van der Waals surface area contributed by atoms with E-state index in [2.05, 4.69) is 10.1 Å². The van der Waals surface area contributed by atoms with Crippen molar-refractivity contribution in [3.05, 3.63) is 0 Å². The van der Waals surface area contributed by atoms with E-state index in [1.807, 2.05) is 0 Å². The fraction of sp³-hybridized carbons (Fsp3) is 0.875. The van der Waals surface area contributed by atoms with E-state index in [1.165, 1.54) is 7.11 Å². The van der Waals surface area contributed by atoms with E-state index in [0.29, 0.717) is 0 Å². The maximum absolute atomic E-state index is 10.7. The molecule has 0 aromatic carbocycles. The quantitative estimate of drug-likeness (QED) is 0.682. The molecule has 1 rings (SSSR count). The van der Waals surface area contributed by atoms with E-state index >= 15 is 0 Å². The molecule has 0 unspecified atom stereocenters. The lowest BCUT2D eigenvalue weighted by Crippen LogP contribution is -2.33. The SMILES string of the molecule is COC(=O)COC1CCNCC1.Cl. The van der Waals surface area contributed by atoms with Gasteiger partial charge < -0.3 is 14.8 Å². The van der Waals surface area contributed by atoms with Gasteiger partial charge in [0.1, 0.15) is 6.61 Å². The van der Waals surface area contributed by atoms with Crippen molar-refractivity contribution in [3.63, 3.8) is 0 Å². The minimum atomic E-state index is -0.298. The molecule has 0 spiro atoms. The van der Waals surface area contributed by atoms with Crippen LogP contribution in [0.25, 0.3) is 0 Å². The standard InChI is InChI=1S/C8H15NO3.ClH/c1-11-8(10)6-12-7-2-4-9-5-3-7;/h7,9H,2-6H2,1H3;1H. The number of methoxy groups -OCH3 is 1. The van der Waals surface area contributed by atoms with Gasteiger partial charge in [0.2, 0.25) is 0 Å². The predicted octanol–water partition coefficient (Wildman–Crippen LogP) is 0.350. The third-order valence-electron chi connectivity index (χ3n) is 1.95. The minimum absolute atomic E-state index is 0. The molecular formula is C8H16ClNO3. The van der Waals surface area contributed by atoms with E-state index < -0.39 is 0 Å². The summed E-state index contributed by atoms with van der Waals surface area (Å²) in [6.45, 7) is 2.04. The van der Waals surface area contributed by atoms with Crippen LogP contribution >= 0.6 is 12.4 Å². The first-order valence-electron chi connectivity index (χ1n) is 4.22. The molecular weight excluding hydrogens is 194 g/mol. The largest absolute Gasteiger partial charge is 0.467 e. The molecule has 13 heavy (non-hydrogen) atoms. The van der Waals surface area contributed by atoms with E-state index in [4.69, 9.17) is 4.74 Å². The Morgan fingerprint density at radius 2 is 2.08 bits per heavy atom. The molecule has 1 N–H and O–H groups in total. The Labute approximate surface area is 84.4 Å². The van der Waals surface area contributed by atoms with Gasteiger partial charge in [0.25, 0.3) is 0 Å². The number of carbonyl (C=O) groups excluding carboxylic acids is 1. The highest BCUT2D eigenvalue weighted by Gasteiger charge is 2.14. The summed E-state index contributed by atoms with van der Waals surface area (Å²) in [5.41, 5.74) is 0. The fourth-order valence-electron chi connectivity index (χ4n) is 1.21. The average molecular weight is 210 g/mol. The number of carbonyl (C=O) groups is 1. The molecule has 0 bridgehead atoms. The van der Waals surface area contributed by atoms with E-state index in [9.17, 15) is 4.79 Å². The maximum atomic E-state index is 10.7. The van der Waals surface area contributed by atoms with Gasteiger partial charge in [-0.15, -0.1) is 12.4 Å². The number of nitrogens with one attached hydrogen (secondary N) is 1. The lowest BCUT2D eigenvalue weighted by Gasteiger charge is -2.22. The summed E-state index contributed by atoms with van der Waals surface area (Å²) in [7, 11) is 1.37. The van der Waals surface area contributed by atoms with Crippen LogP contribution in [0.5, 0.6) is 0 Å². The van der Waals surface area contributed by atoms with Crippen LogP contribution in [0.3, 0.4) is 0 Å². The highest BCUT2D eigenvalue weighted by molar-refractivity contribution is 5.85. The lowest BCUT2D eigenvalue weighted by atomic mass is 10.1. The second-order valence-corrected chi connectivity index (χ2v) is 2.84. The number of halogens is 1. The molecule has 5 heteroatoms. The van der Waals surface area contributed by atoms with Gasteiger partial charge in [-0.1, -0.05) is 0 Å². The zero-order valence-corrected chi connectivity index (χ0v) is 8.56. The van der Waals surface area contributed by atoms with Gasteiger partial charge in [0, 0.05) is 0 Å². The zero-order valence-electron chi connectivity index (χ0n) is 7.75. The normalized spacial score (nSPS) is 17.6. The van der Waals surface area contributed by atoms with Crippen molar-refractivity contribution in [1.29, 1.82) is 0 Å². The van der Waals surface area contributed by atoms with Crippen LogP contribution in [0.15, 0.2) is 0 Å². The maximum Gasteiger partial charge on any atom is 0.331 e. The van der Waals surface area contributed by atoms with Crippen molar-refractivity contribution >= 4 is 18.4 Å². The smallest absolute Gasteiger partial charge is 0.331 e. The van der Waals surface area contributed by atoms with Crippen LogP contribution in [0.1, 0.15) is 12.8 Å². The van der Waals surface area contributed by atoms with E-state index in [1.54, 1.807) is 0 Å².